The van der Waals surface area contributed by atoms with E-state index in [1.165, 1.54) is 0 Å². The van der Waals surface area contributed by atoms with Gasteiger partial charge in [0.05, 0.1) is 14.2 Å². The van der Waals surface area contributed by atoms with Crippen LogP contribution in [0.1, 0.15) is 17.2 Å². The van der Waals surface area contributed by atoms with Gasteiger partial charge in [0.25, 0.3) is 0 Å². The van der Waals surface area contributed by atoms with Gasteiger partial charge < -0.3 is 19.4 Å². The Morgan fingerprint density at radius 3 is 2.43 bits per heavy atom. The van der Waals surface area contributed by atoms with Crippen molar-refractivity contribution in [1.29, 1.82) is 0 Å². The molecule has 0 aromatic heterocycles. The monoisotopic (exact) mass is 315 g/mol. The Balaban J connectivity index is 2.06. The molecule has 120 valence electrons. The summed E-state index contributed by atoms with van der Waals surface area (Å²) in [6.45, 7) is 0. The third kappa shape index (κ3) is 2.87. The highest BCUT2D eigenvalue weighted by atomic mass is 16.8. The van der Waals surface area contributed by atoms with Gasteiger partial charge in [0.15, 0.2) is 17.2 Å². The van der Waals surface area contributed by atoms with Crippen molar-refractivity contribution in [3.8, 4) is 17.2 Å². The minimum atomic E-state index is -1.01. The Morgan fingerprint density at radius 1 is 1.09 bits per heavy atom. The molecular formula is C17H17NO5. The molecule has 0 saturated heterocycles. The van der Waals surface area contributed by atoms with Gasteiger partial charge in [-0.05, 0) is 18.2 Å². The van der Waals surface area contributed by atoms with Crippen LogP contribution in [0, 0.1) is 5.21 Å². The van der Waals surface area contributed by atoms with Gasteiger partial charge in [0, 0.05) is 17.2 Å². The fourth-order valence-electron chi connectivity index (χ4n) is 2.56. The zero-order chi connectivity index (χ0) is 16.4. The first kappa shape index (κ1) is 15.4. The molecule has 0 spiro atoms. The fraction of sp³-hybridized carbons (Fsp3) is 0.176. The van der Waals surface area contributed by atoms with Crippen molar-refractivity contribution in [3.05, 3.63) is 64.5 Å². The Morgan fingerprint density at radius 2 is 1.83 bits per heavy atom. The second-order valence-corrected chi connectivity index (χ2v) is 5.05. The number of benzene rings is 2. The van der Waals surface area contributed by atoms with E-state index in [9.17, 15) is 10.4 Å². The van der Waals surface area contributed by atoms with Crippen molar-refractivity contribution < 1.29 is 24.6 Å². The van der Waals surface area contributed by atoms with E-state index in [4.69, 9.17) is 14.2 Å². The van der Waals surface area contributed by atoms with E-state index in [1.807, 2.05) is 0 Å². The van der Waals surface area contributed by atoms with Crippen LogP contribution < -0.4 is 19.4 Å². The molecule has 2 N–H and O–H groups in total. The number of nitrogens with one attached hydrogen (secondary N) is 1. The van der Waals surface area contributed by atoms with Gasteiger partial charge in [-0.3, -0.25) is 0 Å². The van der Waals surface area contributed by atoms with Crippen LogP contribution in [0.5, 0.6) is 17.2 Å². The third-order valence-corrected chi connectivity index (χ3v) is 3.72. The molecule has 2 unspecified atom stereocenters. The minimum Gasteiger partial charge on any atom is -0.595 e. The normalized spacial score (nSPS) is 17.6. The predicted molar refractivity (Wildman–Crippen MR) is 83.5 cm³/mol. The number of hydroxylamine groups is 2. The highest BCUT2D eigenvalue weighted by Gasteiger charge is 2.31. The summed E-state index contributed by atoms with van der Waals surface area (Å²) >= 11 is 0. The molecule has 2 aromatic carbocycles. The van der Waals surface area contributed by atoms with Crippen LogP contribution in [-0.4, -0.2) is 19.4 Å². The van der Waals surface area contributed by atoms with E-state index in [0.29, 0.717) is 22.8 Å². The summed E-state index contributed by atoms with van der Waals surface area (Å²) < 4.78 is 16.4. The number of methoxy groups -OCH3 is 2. The lowest BCUT2D eigenvalue weighted by Gasteiger charge is -2.29. The number of fused-ring (bicyclic) bond motifs is 1. The summed E-state index contributed by atoms with van der Waals surface area (Å²) in [6, 6.07) is 12.5. The van der Waals surface area contributed by atoms with E-state index >= 15 is 0 Å². The molecular weight excluding hydrogens is 298 g/mol. The molecule has 1 aliphatic rings. The summed E-state index contributed by atoms with van der Waals surface area (Å²) in [5.41, 5.74) is 1.60. The average Bonchev–Trinajstić information content (AvgIpc) is 2.60. The van der Waals surface area contributed by atoms with Crippen LogP contribution in [0.4, 0.5) is 0 Å². The number of quaternary nitrogens is 1. The summed E-state index contributed by atoms with van der Waals surface area (Å²) in [5.74, 6) is 1.81. The van der Waals surface area contributed by atoms with Crippen molar-refractivity contribution in [2.45, 2.75) is 6.10 Å². The van der Waals surface area contributed by atoms with E-state index < -0.39 is 11.3 Å². The Hall–Kier alpha value is -2.54. The fourth-order valence-corrected chi connectivity index (χ4v) is 2.56. The van der Waals surface area contributed by atoms with Crippen molar-refractivity contribution in [3.63, 3.8) is 0 Å². The zero-order valence-electron chi connectivity index (χ0n) is 12.8. The maximum Gasteiger partial charge on any atom is 0.201 e. The Bertz CT molecular complexity index is 724. The van der Waals surface area contributed by atoms with E-state index in [0.717, 1.165) is 5.56 Å². The lowest BCUT2D eigenvalue weighted by atomic mass is 10.0. The third-order valence-electron chi connectivity index (χ3n) is 3.72. The van der Waals surface area contributed by atoms with Gasteiger partial charge in [-0.15, -0.1) is 0 Å². The molecule has 2 atom stereocenters. The second-order valence-electron chi connectivity index (χ2n) is 5.05. The summed E-state index contributed by atoms with van der Waals surface area (Å²) in [4.78, 5) is 0. The SMILES string of the molecule is COc1ccc(C2Oc3c(cccc3OC)C=C2[NH+]([O-])O)cc1. The number of para-hydroxylation sites is 1. The summed E-state index contributed by atoms with van der Waals surface area (Å²) in [6.07, 6.45) is 0.917. The molecule has 0 aliphatic carbocycles. The van der Waals surface area contributed by atoms with E-state index in [2.05, 4.69) is 0 Å². The van der Waals surface area contributed by atoms with Crippen molar-refractivity contribution >= 4 is 6.08 Å². The second kappa shape index (κ2) is 6.29. The number of ether oxygens (including phenoxy) is 3. The van der Waals surface area contributed by atoms with Crippen LogP contribution in [0.2, 0.25) is 0 Å². The Kier molecular flexibility index (Phi) is 4.20. The van der Waals surface area contributed by atoms with Gasteiger partial charge >= 0.3 is 0 Å². The first-order chi connectivity index (χ1) is 11.1. The molecule has 0 saturated carbocycles. The van der Waals surface area contributed by atoms with Gasteiger partial charge in [-0.1, -0.05) is 24.3 Å². The van der Waals surface area contributed by atoms with Crippen LogP contribution in [0.25, 0.3) is 6.08 Å². The van der Waals surface area contributed by atoms with E-state index in [1.54, 1.807) is 62.8 Å². The highest BCUT2D eigenvalue weighted by Crippen LogP contribution is 2.41. The van der Waals surface area contributed by atoms with Crippen LogP contribution in [0.3, 0.4) is 0 Å². The minimum absolute atomic E-state index is 0.177. The maximum absolute atomic E-state index is 11.6. The van der Waals surface area contributed by atoms with Gasteiger partial charge in [-0.25, -0.2) is 5.21 Å². The van der Waals surface area contributed by atoms with Crippen molar-refractivity contribution in [2.75, 3.05) is 14.2 Å². The van der Waals surface area contributed by atoms with Gasteiger partial charge in [0.1, 0.15) is 5.75 Å². The Labute approximate surface area is 133 Å². The molecule has 0 fully saturated rings. The standard InChI is InChI=1S/C17H17NO5/c1-21-13-8-6-11(7-9-13)16-14(18(19)20)10-12-4-3-5-15(22-2)17(12)23-16/h3-10,16,18-19H,1-2H3. The molecule has 6 nitrogen and oxygen atoms in total. The number of hydrogen-bond donors (Lipinski definition) is 2. The van der Waals surface area contributed by atoms with E-state index in [-0.39, 0.29) is 5.70 Å². The zero-order valence-corrected chi connectivity index (χ0v) is 12.8. The molecule has 0 amide bonds. The molecule has 1 heterocycles. The molecule has 23 heavy (non-hydrogen) atoms. The quantitative estimate of drug-likeness (QED) is 0.844. The van der Waals surface area contributed by atoms with Crippen molar-refractivity contribution in [1.82, 2.24) is 0 Å². The molecule has 2 aromatic rings. The maximum atomic E-state index is 11.6. The van der Waals surface area contributed by atoms with Gasteiger partial charge in [-0.2, -0.15) is 5.23 Å². The van der Waals surface area contributed by atoms with Crippen LogP contribution in [0.15, 0.2) is 48.2 Å². The predicted octanol–water partition coefficient (Wildman–Crippen LogP) is 1.95. The highest BCUT2D eigenvalue weighted by molar-refractivity contribution is 5.66. The number of hydrogen-bond acceptors (Lipinski definition) is 5. The van der Waals surface area contributed by atoms with Crippen LogP contribution >= 0.6 is 0 Å². The molecule has 0 radical (unpaired) electrons. The summed E-state index contributed by atoms with van der Waals surface area (Å²) in [7, 11) is 3.13. The lowest BCUT2D eigenvalue weighted by molar-refractivity contribution is -1.02. The first-order valence-corrected chi connectivity index (χ1v) is 7.06. The molecule has 1 aliphatic heterocycles. The largest absolute Gasteiger partial charge is 0.595 e. The molecule has 0 bridgehead atoms. The van der Waals surface area contributed by atoms with Crippen LogP contribution in [-0.2, 0) is 0 Å². The first-order valence-electron chi connectivity index (χ1n) is 7.06. The van der Waals surface area contributed by atoms with Gasteiger partial charge in [0.2, 0.25) is 6.10 Å². The lowest BCUT2D eigenvalue weighted by Crippen LogP contribution is -3.03. The topological polar surface area (TPSA) is 75.4 Å². The smallest absolute Gasteiger partial charge is 0.201 e. The molecule has 3 rings (SSSR count). The van der Waals surface area contributed by atoms with Crippen molar-refractivity contribution in [2.24, 2.45) is 0 Å². The summed E-state index contributed by atoms with van der Waals surface area (Å²) in [5, 5.41) is 20.1. The molecule has 6 heteroatoms. The average molecular weight is 315 g/mol. The number of rotatable bonds is 4.